The van der Waals surface area contributed by atoms with Gasteiger partial charge in [-0.25, -0.2) is 4.98 Å². The van der Waals surface area contributed by atoms with Gasteiger partial charge in [0, 0.05) is 24.8 Å². The second kappa shape index (κ2) is 6.35. The molecule has 1 atom stereocenters. The summed E-state index contributed by atoms with van der Waals surface area (Å²) in [6, 6.07) is 4.49. The molecule has 106 valence electrons. The van der Waals surface area contributed by atoms with Crippen molar-refractivity contribution in [1.29, 1.82) is 0 Å². The Balaban J connectivity index is 2.29. The molecule has 1 aliphatic rings. The molecule has 1 aromatic rings. The van der Waals surface area contributed by atoms with Gasteiger partial charge in [0.1, 0.15) is 5.82 Å². The zero-order chi connectivity index (χ0) is 13.8. The molecule has 0 radical (unpaired) electrons. The first kappa shape index (κ1) is 14.3. The molecule has 0 saturated carbocycles. The number of likely N-dealkylation sites (N-methyl/N-ethyl adjacent to an activating group) is 1. The van der Waals surface area contributed by atoms with Gasteiger partial charge in [-0.15, -0.1) is 0 Å². The Kier molecular flexibility index (Phi) is 4.77. The zero-order valence-corrected chi connectivity index (χ0v) is 12.3. The Morgan fingerprint density at radius 2 is 2.16 bits per heavy atom. The first-order valence-corrected chi connectivity index (χ1v) is 7.17. The maximum Gasteiger partial charge on any atom is 0.129 e. The van der Waals surface area contributed by atoms with Crippen molar-refractivity contribution in [3.05, 3.63) is 23.4 Å². The summed E-state index contributed by atoms with van der Waals surface area (Å²) in [5.41, 5.74) is 1.93. The van der Waals surface area contributed by atoms with Crippen molar-refractivity contribution >= 4 is 5.82 Å². The van der Waals surface area contributed by atoms with E-state index in [1.54, 1.807) is 0 Å². The lowest BCUT2D eigenvalue weighted by molar-refractivity contribution is 0.281. The largest absolute Gasteiger partial charge is 0.392 e. The van der Waals surface area contributed by atoms with Crippen LogP contribution >= 0.6 is 0 Å². The highest BCUT2D eigenvalue weighted by Crippen LogP contribution is 2.22. The molecular formula is C15H25N3O. The average molecular weight is 263 g/mol. The summed E-state index contributed by atoms with van der Waals surface area (Å²) < 4.78 is 0. The normalized spacial score (nSPS) is 21.5. The minimum Gasteiger partial charge on any atom is -0.392 e. The van der Waals surface area contributed by atoms with Gasteiger partial charge in [-0.3, -0.25) is 0 Å². The second-order valence-electron chi connectivity index (χ2n) is 5.50. The predicted octanol–water partition coefficient (Wildman–Crippen LogP) is 1.80. The topological polar surface area (TPSA) is 39.6 Å². The molecule has 0 aliphatic carbocycles. The zero-order valence-electron chi connectivity index (χ0n) is 12.3. The van der Waals surface area contributed by atoms with Crippen LogP contribution in [0.1, 0.15) is 31.0 Å². The van der Waals surface area contributed by atoms with Crippen LogP contribution in [-0.4, -0.2) is 47.7 Å². The smallest absolute Gasteiger partial charge is 0.129 e. The second-order valence-corrected chi connectivity index (χ2v) is 5.50. The molecule has 1 fully saturated rings. The summed E-state index contributed by atoms with van der Waals surface area (Å²) in [6.45, 7) is 7.59. The van der Waals surface area contributed by atoms with E-state index in [0.717, 1.165) is 49.6 Å². The van der Waals surface area contributed by atoms with E-state index in [0.29, 0.717) is 6.04 Å². The SMILES string of the molecule is CCC1CN(C)CCCN1c1cc(CO)cc(C)n1. The summed E-state index contributed by atoms with van der Waals surface area (Å²) >= 11 is 0. The van der Waals surface area contributed by atoms with E-state index in [-0.39, 0.29) is 6.61 Å². The van der Waals surface area contributed by atoms with E-state index in [1.165, 1.54) is 0 Å². The molecule has 19 heavy (non-hydrogen) atoms. The van der Waals surface area contributed by atoms with Gasteiger partial charge in [0.05, 0.1) is 6.61 Å². The summed E-state index contributed by atoms with van der Waals surface area (Å²) in [5.74, 6) is 1.02. The molecular weight excluding hydrogens is 238 g/mol. The number of pyridine rings is 1. The number of aromatic nitrogens is 1. The van der Waals surface area contributed by atoms with Crippen molar-refractivity contribution in [1.82, 2.24) is 9.88 Å². The number of aliphatic hydroxyl groups excluding tert-OH is 1. The maximum atomic E-state index is 9.35. The summed E-state index contributed by atoms with van der Waals surface area (Å²) in [6.07, 6.45) is 2.28. The molecule has 0 bridgehead atoms. The lowest BCUT2D eigenvalue weighted by Crippen LogP contribution is -2.40. The van der Waals surface area contributed by atoms with E-state index in [9.17, 15) is 5.11 Å². The maximum absolute atomic E-state index is 9.35. The van der Waals surface area contributed by atoms with Crippen molar-refractivity contribution < 1.29 is 5.11 Å². The van der Waals surface area contributed by atoms with Crippen LogP contribution in [0.25, 0.3) is 0 Å². The third kappa shape index (κ3) is 3.45. The third-order valence-electron chi connectivity index (χ3n) is 3.85. The van der Waals surface area contributed by atoms with Crippen LogP contribution in [0.2, 0.25) is 0 Å². The molecule has 4 heteroatoms. The van der Waals surface area contributed by atoms with E-state index in [4.69, 9.17) is 0 Å². The quantitative estimate of drug-likeness (QED) is 0.903. The number of hydrogen-bond acceptors (Lipinski definition) is 4. The lowest BCUT2D eigenvalue weighted by Gasteiger charge is -2.31. The Labute approximate surface area is 116 Å². The number of hydrogen-bond donors (Lipinski definition) is 1. The van der Waals surface area contributed by atoms with E-state index in [1.807, 2.05) is 19.1 Å². The molecule has 1 aliphatic heterocycles. The summed E-state index contributed by atoms with van der Waals surface area (Å²) in [7, 11) is 2.19. The number of aryl methyl sites for hydroxylation is 1. The Morgan fingerprint density at radius 1 is 1.37 bits per heavy atom. The molecule has 0 amide bonds. The van der Waals surface area contributed by atoms with E-state index in [2.05, 4.69) is 28.8 Å². The lowest BCUT2D eigenvalue weighted by atomic mass is 10.1. The third-order valence-corrected chi connectivity index (χ3v) is 3.85. The predicted molar refractivity (Wildman–Crippen MR) is 78.4 cm³/mol. The fourth-order valence-electron chi connectivity index (χ4n) is 2.85. The highest BCUT2D eigenvalue weighted by atomic mass is 16.3. The molecule has 2 heterocycles. The number of anilines is 1. The van der Waals surface area contributed by atoms with Crippen molar-refractivity contribution in [2.24, 2.45) is 0 Å². The summed E-state index contributed by atoms with van der Waals surface area (Å²) in [4.78, 5) is 9.48. The van der Waals surface area contributed by atoms with E-state index >= 15 is 0 Å². The van der Waals surface area contributed by atoms with Crippen LogP contribution in [-0.2, 0) is 6.61 Å². The molecule has 2 rings (SSSR count). The Bertz CT molecular complexity index is 422. The first-order chi connectivity index (χ1) is 9.13. The van der Waals surface area contributed by atoms with Gasteiger partial charge in [0.25, 0.3) is 0 Å². The molecule has 4 nitrogen and oxygen atoms in total. The van der Waals surface area contributed by atoms with Gasteiger partial charge in [0.15, 0.2) is 0 Å². The van der Waals surface area contributed by atoms with Gasteiger partial charge in [-0.05, 0) is 51.1 Å². The fraction of sp³-hybridized carbons (Fsp3) is 0.667. The first-order valence-electron chi connectivity index (χ1n) is 7.17. The minimum atomic E-state index is 0.0842. The molecule has 1 aromatic heterocycles. The number of rotatable bonds is 3. The van der Waals surface area contributed by atoms with Crippen LogP contribution in [0.5, 0.6) is 0 Å². The molecule has 0 aromatic carbocycles. The monoisotopic (exact) mass is 263 g/mol. The number of nitrogens with zero attached hydrogens (tertiary/aromatic N) is 3. The van der Waals surface area contributed by atoms with E-state index < -0.39 is 0 Å². The van der Waals surface area contributed by atoms with Gasteiger partial charge in [-0.1, -0.05) is 6.92 Å². The van der Waals surface area contributed by atoms with Crippen LogP contribution in [0.15, 0.2) is 12.1 Å². The van der Waals surface area contributed by atoms with Crippen LogP contribution < -0.4 is 4.90 Å². The Morgan fingerprint density at radius 3 is 2.84 bits per heavy atom. The van der Waals surface area contributed by atoms with Gasteiger partial charge >= 0.3 is 0 Å². The van der Waals surface area contributed by atoms with Crippen molar-refractivity contribution in [3.63, 3.8) is 0 Å². The highest BCUT2D eigenvalue weighted by molar-refractivity contribution is 5.44. The standard InChI is InChI=1S/C15H25N3O/c1-4-14-10-17(3)6-5-7-18(14)15-9-13(11-19)8-12(2)16-15/h8-9,14,19H,4-7,10-11H2,1-3H3. The minimum absolute atomic E-state index is 0.0842. The van der Waals surface area contributed by atoms with Crippen LogP contribution in [0.4, 0.5) is 5.82 Å². The average Bonchev–Trinajstić information content (AvgIpc) is 2.59. The molecule has 0 spiro atoms. The van der Waals surface area contributed by atoms with Crippen LogP contribution in [0, 0.1) is 6.92 Å². The molecule has 1 N–H and O–H groups in total. The van der Waals surface area contributed by atoms with Crippen molar-refractivity contribution in [3.8, 4) is 0 Å². The molecule has 1 saturated heterocycles. The van der Waals surface area contributed by atoms with Gasteiger partial charge < -0.3 is 14.9 Å². The fourth-order valence-corrected chi connectivity index (χ4v) is 2.85. The number of aliphatic hydroxyl groups is 1. The van der Waals surface area contributed by atoms with Gasteiger partial charge in [-0.2, -0.15) is 0 Å². The molecule has 1 unspecified atom stereocenters. The Hall–Kier alpha value is -1.13. The van der Waals surface area contributed by atoms with Gasteiger partial charge in [0.2, 0.25) is 0 Å². The summed E-state index contributed by atoms with van der Waals surface area (Å²) in [5, 5.41) is 9.35. The van der Waals surface area contributed by atoms with Crippen molar-refractivity contribution in [2.75, 3.05) is 31.6 Å². The highest BCUT2D eigenvalue weighted by Gasteiger charge is 2.23. The van der Waals surface area contributed by atoms with Crippen molar-refractivity contribution in [2.45, 2.75) is 39.3 Å². The van der Waals surface area contributed by atoms with Crippen LogP contribution in [0.3, 0.4) is 0 Å².